The summed E-state index contributed by atoms with van der Waals surface area (Å²) in [6.07, 6.45) is 9.89. The van der Waals surface area contributed by atoms with Crippen LogP contribution in [0.5, 0.6) is 0 Å². The number of hydrogen-bond acceptors (Lipinski definition) is 3. The standard InChI is InChI=1S/C20H31NO2/c1-18-8-7-15-13(14(18)4-5-17(18)22)10-16-20(21-16)11-12(23-3)6-9-19(15,20)2/h12-16,21H,4-11H2,1-3H3. The molecule has 1 N–H and O–H groups in total. The Morgan fingerprint density at radius 2 is 1.96 bits per heavy atom. The molecular weight excluding hydrogens is 286 g/mol. The van der Waals surface area contributed by atoms with E-state index < -0.39 is 0 Å². The molecule has 8 atom stereocenters. The Morgan fingerprint density at radius 3 is 2.74 bits per heavy atom. The van der Waals surface area contributed by atoms with Gasteiger partial charge in [0.2, 0.25) is 0 Å². The topological polar surface area (TPSA) is 48.2 Å². The first-order chi connectivity index (χ1) is 10.9. The number of carbonyl (C=O) groups excluding carboxylic acids is 1. The summed E-state index contributed by atoms with van der Waals surface area (Å²) in [5.74, 6) is 2.81. The summed E-state index contributed by atoms with van der Waals surface area (Å²) < 4.78 is 5.73. The van der Waals surface area contributed by atoms with Gasteiger partial charge in [-0.05, 0) is 68.1 Å². The van der Waals surface area contributed by atoms with Gasteiger partial charge in [0.1, 0.15) is 5.78 Å². The third-order valence-electron chi connectivity index (χ3n) is 9.30. The van der Waals surface area contributed by atoms with Crippen molar-refractivity contribution in [2.45, 2.75) is 82.9 Å². The Labute approximate surface area is 139 Å². The van der Waals surface area contributed by atoms with E-state index in [0.29, 0.717) is 34.8 Å². The van der Waals surface area contributed by atoms with Gasteiger partial charge in [0.05, 0.1) is 6.10 Å². The molecule has 0 aromatic rings. The fourth-order valence-corrected chi connectivity index (χ4v) is 7.84. The van der Waals surface area contributed by atoms with Gasteiger partial charge in [-0.25, -0.2) is 0 Å². The van der Waals surface area contributed by atoms with Gasteiger partial charge in [0.25, 0.3) is 0 Å². The number of nitrogens with one attached hydrogen (secondary N) is 1. The molecule has 1 heterocycles. The minimum Gasteiger partial charge on any atom is -0.381 e. The molecule has 1 spiro atoms. The zero-order valence-electron chi connectivity index (χ0n) is 14.9. The van der Waals surface area contributed by atoms with Gasteiger partial charge >= 0.3 is 0 Å². The summed E-state index contributed by atoms with van der Waals surface area (Å²) in [4.78, 5) is 12.5. The van der Waals surface area contributed by atoms with E-state index in [1.165, 1.54) is 32.1 Å². The molecule has 4 aliphatic carbocycles. The predicted molar refractivity (Wildman–Crippen MR) is 89.1 cm³/mol. The van der Waals surface area contributed by atoms with E-state index >= 15 is 0 Å². The number of hydrogen-bond donors (Lipinski definition) is 1. The number of carbonyl (C=O) groups is 1. The van der Waals surface area contributed by atoms with Gasteiger partial charge in [-0.2, -0.15) is 0 Å². The van der Waals surface area contributed by atoms with E-state index in [1.54, 1.807) is 0 Å². The van der Waals surface area contributed by atoms with Crippen LogP contribution in [0.15, 0.2) is 0 Å². The van der Waals surface area contributed by atoms with Gasteiger partial charge in [-0.15, -0.1) is 0 Å². The van der Waals surface area contributed by atoms with Gasteiger partial charge < -0.3 is 10.1 Å². The Morgan fingerprint density at radius 1 is 1.13 bits per heavy atom. The first kappa shape index (κ1) is 14.9. The summed E-state index contributed by atoms with van der Waals surface area (Å²) >= 11 is 0. The van der Waals surface area contributed by atoms with Crippen LogP contribution in [0.4, 0.5) is 0 Å². The van der Waals surface area contributed by atoms with E-state index in [9.17, 15) is 4.79 Å². The van der Waals surface area contributed by atoms with Gasteiger partial charge in [0, 0.05) is 30.5 Å². The fourth-order valence-electron chi connectivity index (χ4n) is 7.84. The lowest BCUT2D eigenvalue weighted by Crippen LogP contribution is -2.59. The molecule has 0 amide bonds. The lowest BCUT2D eigenvalue weighted by atomic mass is 9.45. The van der Waals surface area contributed by atoms with Crippen molar-refractivity contribution in [1.29, 1.82) is 0 Å². The average Bonchev–Trinajstić information content (AvgIpc) is 3.15. The van der Waals surface area contributed by atoms with E-state index in [-0.39, 0.29) is 5.41 Å². The molecule has 5 fully saturated rings. The summed E-state index contributed by atoms with van der Waals surface area (Å²) in [7, 11) is 1.88. The van der Waals surface area contributed by atoms with Crippen LogP contribution in [-0.4, -0.2) is 30.6 Å². The number of methoxy groups -OCH3 is 1. The van der Waals surface area contributed by atoms with Crippen molar-refractivity contribution >= 4 is 5.78 Å². The molecule has 23 heavy (non-hydrogen) atoms. The minimum atomic E-state index is 0.0101. The predicted octanol–water partition coefficient (Wildman–Crippen LogP) is 3.32. The molecule has 1 saturated heterocycles. The molecule has 4 saturated carbocycles. The van der Waals surface area contributed by atoms with Crippen molar-refractivity contribution in [3.8, 4) is 0 Å². The van der Waals surface area contributed by atoms with Crippen LogP contribution in [0.25, 0.3) is 0 Å². The summed E-state index contributed by atoms with van der Waals surface area (Å²) in [6.45, 7) is 4.86. The van der Waals surface area contributed by atoms with E-state index in [0.717, 1.165) is 31.1 Å². The molecular formula is C20H31NO2. The maximum atomic E-state index is 12.5. The van der Waals surface area contributed by atoms with Crippen molar-refractivity contribution < 1.29 is 9.53 Å². The van der Waals surface area contributed by atoms with Crippen LogP contribution < -0.4 is 5.32 Å². The average molecular weight is 317 g/mol. The van der Waals surface area contributed by atoms with Crippen molar-refractivity contribution in [1.82, 2.24) is 5.32 Å². The zero-order valence-corrected chi connectivity index (χ0v) is 14.9. The molecule has 0 aromatic carbocycles. The highest BCUT2D eigenvalue weighted by molar-refractivity contribution is 5.87. The second-order valence-electron chi connectivity index (χ2n) is 9.72. The highest BCUT2D eigenvalue weighted by atomic mass is 16.5. The van der Waals surface area contributed by atoms with Crippen LogP contribution in [0.2, 0.25) is 0 Å². The molecule has 128 valence electrons. The summed E-state index contributed by atoms with van der Waals surface area (Å²) in [5.41, 5.74) is 0.780. The number of fused-ring (bicyclic) bond motifs is 4. The molecule has 5 aliphatic rings. The van der Waals surface area contributed by atoms with Crippen LogP contribution in [0.3, 0.4) is 0 Å². The normalized spacial score (nSPS) is 60.5. The Bertz CT molecular complexity index is 562. The fraction of sp³-hybridized carbons (Fsp3) is 0.950. The molecule has 0 aromatic heterocycles. The summed E-state index contributed by atoms with van der Waals surface area (Å²) in [5, 5.41) is 3.95. The van der Waals surface area contributed by atoms with Crippen LogP contribution in [0, 0.1) is 28.6 Å². The number of rotatable bonds is 1. The SMILES string of the molecule is COC1CCC2(C)C3CCC4(C)C(=O)CCC4C3CC3NC32C1. The third-order valence-corrected chi connectivity index (χ3v) is 9.30. The molecule has 3 heteroatoms. The highest BCUT2D eigenvalue weighted by Gasteiger charge is 2.74. The van der Waals surface area contributed by atoms with Gasteiger partial charge in [-0.1, -0.05) is 13.8 Å². The maximum Gasteiger partial charge on any atom is 0.139 e. The first-order valence-electron chi connectivity index (χ1n) is 9.78. The lowest BCUT2D eigenvalue weighted by molar-refractivity contribution is -0.137. The lowest BCUT2D eigenvalue weighted by Gasteiger charge is -2.59. The van der Waals surface area contributed by atoms with Crippen molar-refractivity contribution in [3.05, 3.63) is 0 Å². The maximum absolute atomic E-state index is 12.5. The van der Waals surface area contributed by atoms with E-state index in [4.69, 9.17) is 4.74 Å². The van der Waals surface area contributed by atoms with Crippen molar-refractivity contribution in [2.24, 2.45) is 28.6 Å². The first-order valence-corrected chi connectivity index (χ1v) is 9.78. The second-order valence-corrected chi connectivity index (χ2v) is 9.72. The number of Topliss-reactive ketones (excluding diaryl/α,β-unsaturated/α-hetero) is 1. The second kappa shape index (κ2) is 4.40. The van der Waals surface area contributed by atoms with Gasteiger partial charge in [0.15, 0.2) is 0 Å². The van der Waals surface area contributed by atoms with E-state index in [2.05, 4.69) is 19.2 Å². The van der Waals surface area contributed by atoms with Crippen LogP contribution >= 0.6 is 0 Å². The highest BCUT2D eigenvalue weighted by Crippen LogP contribution is 2.70. The largest absolute Gasteiger partial charge is 0.381 e. The Hall–Kier alpha value is -0.410. The van der Waals surface area contributed by atoms with E-state index in [1.807, 2.05) is 7.11 Å². The number of ketones is 1. The monoisotopic (exact) mass is 317 g/mol. The Balaban J connectivity index is 1.50. The summed E-state index contributed by atoms with van der Waals surface area (Å²) in [6, 6.07) is 0.685. The minimum absolute atomic E-state index is 0.0101. The molecule has 0 radical (unpaired) electrons. The molecule has 5 rings (SSSR count). The smallest absolute Gasteiger partial charge is 0.139 e. The molecule has 3 nitrogen and oxygen atoms in total. The molecule has 8 unspecified atom stereocenters. The molecule has 0 bridgehead atoms. The Kier molecular flexibility index (Phi) is 2.85. The number of ether oxygens (including phenoxy) is 1. The van der Waals surface area contributed by atoms with Gasteiger partial charge in [-0.3, -0.25) is 4.79 Å². The van der Waals surface area contributed by atoms with Crippen LogP contribution in [0.1, 0.15) is 65.2 Å². The molecule has 1 aliphatic heterocycles. The third kappa shape index (κ3) is 1.62. The zero-order chi connectivity index (χ0) is 16.0. The van der Waals surface area contributed by atoms with Crippen molar-refractivity contribution in [3.63, 3.8) is 0 Å². The van der Waals surface area contributed by atoms with Crippen LogP contribution in [-0.2, 0) is 9.53 Å². The quantitative estimate of drug-likeness (QED) is 0.755. The van der Waals surface area contributed by atoms with Crippen molar-refractivity contribution in [2.75, 3.05) is 7.11 Å².